The topological polar surface area (TPSA) is 0 Å². The Kier molecular flexibility index (Phi) is 10.2. The van der Waals surface area contributed by atoms with Gasteiger partial charge >= 0.3 is 0 Å². The van der Waals surface area contributed by atoms with Gasteiger partial charge in [-0.05, 0) is 93.3 Å². The highest BCUT2D eigenvalue weighted by atomic mass is 19.1. The Morgan fingerprint density at radius 1 is 0.500 bits per heavy atom. The van der Waals surface area contributed by atoms with Gasteiger partial charge in [0.25, 0.3) is 0 Å². The van der Waals surface area contributed by atoms with E-state index in [1.165, 1.54) is 70.6 Å². The molecule has 0 aromatic carbocycles. The molecule has 28 heavy (non-hydrogen) atoms. The lowest BCUT2D eigenvalue weighted by Gasteiger charge is -2.41. The van der Waals surface area contributed by atoms with Crippen LogP contribution in [0.15, 0.2) is 0 Å². The maximum absolute atomic E-state index is 12.3. The van der Waals surface area contributed by atoms with Gasteiger partial charge in [-0.25, -0.2) is 0 Å². The summed E-state index contributed by atoms with van der Waals surface area (Å²) in [4.78, 5) is 0. The lowest BCUT2D eigenvalue weighted by atomic mass is 9.64. The van der Waals surface area contributed by atoms with Crippen LogP contribution in [-0.4, -0.2) is 6.67 Å². The number of alkyl halides is 1. The molecule has 0 radical (unpaired) electrons. The SMILES string of the molecule is CCCCCC1CCC(C2CCC(C3CCC(CCCCF)CC3)CC2)CC1. The van der Waals surface area contributed by atoms with Crippen molar-refractivity contribution in [3.8, 4) is 0 Å². The monoisotopic (exact) mass is 392 g/mol. The molecular formula is C27H49F. The average Bonchev–Trinajstić information content (AvgIpc) is 2.75. The minimum Gasteiger partial charge on any atom is -0.251 e. The van der Waals surface area contributed by atoms with Crippen molar-refractivity contribution < 1.29 is 4.39 Å². The van der Waals surface area contributed by atoms with Gasteiger partial charge in [-0.15, -0.1) is 0 Å². The Balaban J connectivity index is 1.29. The van der Waals surface area contributed by atoms with Gasteiger partial charge in [0, 0.05) is 0 Å². The average molecular weight is 393 g/mol. The zero-order valence-corrected chi connectivity index (χ0v) is 19.0. The third-order valence-corrected chi connectivity index (χ3v) is 9.14. The van der Waals surface area contributed by atoms with Crippen LogP contribution in [0.4, 0.5) is 4.39 Å². The quantitative estimate of drug-likeness (QED) is 0.325. The third kappa shape index (κ3) is 7.02. The maximum atomic E-state index is 12.3. The van der Waals surface area contributed by atoms with E-state index >= 15 is 0 Å². The standard InChI is InChI=1S/C27H49F/c1-2-3-4-7-22-9-13-24(14-10-22)26-17-19-27(20-18-26)25-15-11-23(12-16-25)8-5-6-21-28/h22-27H,2-21H2,1H3. The summed E-state index contributed by atoms with van der Waals surface area (Å²) in [5.74, 6) is 6.23. The smallest absolute Gasteiger partial charge is 0.0894 e. The lowest BCUT2D eigenvalue weighted by Crippen LogP contribution is -2.29. The van der Waals surface area contributed by atoms with Crippen molar-refractivity contribution in [1.82, 2.24) is 0 Å². The Hall–Kier alpha value is -0.0700. The molecule has 0 atom stereocenters. The number of unbranched alkanes of at least 4 members (excludes halogenated alkanes) is 3. The van der Waals surface area contributed by atoms with Crippen LogP contribution in [0.2, 0.25) is 0 Å². The van der Waals surface area contributed by atoms with Gasteiger partial charge in [0.05, 0.1) is 6.67 Å². The molecule has 0 aromatic rings. The summed E-state index contributed by atoms with van der Waals surface area (Å²) in [6, 6.07) is 0. The number of rotatable bonds is 10. The zero-order valence-electron chi connectivity index (χ0n) is 19.0. The normalized spacial score (nSPS) is 37.1. The zero-order chi connectivity index (χ0) is 19.6. The van der Waals surface area contributed by atoms with Gasteiger partial charge in [-0.1, -0.05) is 71.1 Å². The fraction of sp³-hybridized carbons (Fsp3) is 1.00. The van der Waals surface area contributed by atoms with E-state index in [1.54, 1.807) is 38.5 Å². The molecule has 0 bridgehead atoms. The second-order valence-electron chi connectivity index (χ2n) is 10.9. The van der Waals surface area contributed by atoms with Crippen molar-refractivity contribution in [1.29, 1.82) is 0 Å². The van der Waals surface area contributed by atoms with E-state index in [0.29, 0.717) is 0 Å². The molecule has 0 heterocycles. The highest BCUT2D eigenvalue weighted by molar-refractivity contribution is 4.86. The molecule has 0 N–H and O–H groups in total. The van der Waals surface area contributed by atoms with Gasteiger partial charge in [-0.3, -0.25) is 4.39 Å². The molecule has 1 heteroatoms. The van der Waals surface area contributed by atoms with E-state index in [9.17, 15) is 4.39 Å². The summed E-state index contributed by atoms with van der Waals surface area (Å²) in [7, 11) is 0. The van der Waals surface area contributed by atoms with Crippen LogP contribution in [-0.2, 0) is 0 Å². The highest BCUT2D eigenvalue weighted by Crippen LogP contribution is 2.46. The summed E-state index contributed by atoms with van der Waals surface area (Å²) < 4.78 is 12.3. The first-order chi connectivity index (χ1) is 13.8. The van der Waals surface area contributed by atoms with Crippen LogP contribution in [0.3, 0.4) is 0 Å². The fourth-order valence-corrected chi connectivity index (χ4v) is 7.19. The van der Waals surface area contributed by atoms with E-state index < -0.39 is 0 Å². The van der Waals surface area contributed by atoms with Crippen LogP contribution in [0.25, 0.3) is 0 Å². The van der Waals surface area contributed by atoms with Crippen LogP contribution in [0.5, 0.6) is 0 Å². The molecule has 0 saturated heterocycles. The minimum absolute atomic E-state index is 0.112. The van der Waals surface area contributed by atoms with Crippen molar-refractivity contribution in [2.45, 2.75) is 129 Å². The summed E-state index contributed by atoms with van der Waals surface area (Å²) in [6.07, 6.45) is 27.3. The predicted molar refractivity (Wildman–Crippen MR) is 120 cm³/mol. The van der Waals surface area contributed by atoms with E-state index in [-0.39, 0.29) is 6.67 Å². The molecule has 3 saturated carbocycles. The predicted octanol–water partition coefficient (Wildman–Crippen LogP) is 9.13. The Morgan fingerprint density at radius 2 is 0.857 bits per heavy atom. The number of hydrogen-bond acceptors (Lipinski definition) is 0. The van der Waals surface area contributed by atoms with Crippen LogP contribution >= 0.6 is 0 Å². The minimum atomic E-state index is -0.112. The molecule has 3 rings (SSSR count). The summed E-state index contributed by atoms with van der Waals surface area (Å²) in [5, 5.41) is 0. The molecule has 164 valence electrons. The van der Waals surface area contributed by atoms with Crippen molar-refractivity contribution >= 4 is 0 Å². The highest BCUT2D eigenvalue weighted by Gasteiger charge is 2.34. The van der Waals surface area contributed by atoms with Gasteiger partial charge in [0.1, 0.15) is 0 Å². The molecular weight excluding hydrogens is 343 g/mol. The molecule has 0 aromatic heterocycles. The largest absolute Gasteiger partial charge is 0.251 e. The van der Waals surface area contributed by atoms with Gasteiger partial charge < -0.3 is 0 Å². The molecule has 0 spiro atoms. The van der Waals surface area contributed by atoms with Crippen molar-refractivity contribution in [3.05, 3.63) is 0 Å². The molecule has 3 aliphatic rings. The molecule has 3 fully saturated rings. The molecule has 0 aliphatic heterocycles. The van der Waals surface area contributed by atoms with Gasteiger partial charge in [0.2, 0.25) is 0 Å². The Bertz CT molecular complexity index is 343. The first kappa shape index (κ1) is 22.6. The fourth-order valence-electron chi connectivity index (χ4n) is 7.19. The van der Waals surface area contributed by atoms with Crippen LogP contribution < -0.4 is 0 Å². The third-order valence-electron chi connectivity index (χ3n) is 9.14. The molecule has 0 amide bonds. The second-order valence-corrected chi connectivity index (χ2v) is 10.9. The van der Waals surface area contributed by atoms with E-state index in [1.807, 2.05) is 0 Å². The first-order valence-electron chi connectivity index (χ1n) is 13.4. The summed E-state index contributed by atoms with van der Waals surface area (Å²) >= 11 is 0. The van der Waals surface area contributed by atoms with Crippen LogP contribution in [0.1, 0.15) is 129 Å². The molecule has 3 aliphatic carbocycles. The van der Waals surface area contributed by atoms with Crippen LogP contribution in [0, 0.1) is 35.5 Å². The lowest BCUT2D eigenvalue weighted by molar-refractivity contribution is 0.102. The van der Waals surface area contributed by atoms with Crippen molar-refractivity contribution in [2.24, 2.45) is 35.5 Å². The first-order valence-corrected chi connectivity index (χ1v) is 13.4. The van der Waals surface area contributed by atoms with E-state index in [4.69, 9.17) is 0 Å². The van der Waals surface area contributed by atoms with E-state index in [2.05, 4.69) is 6.92 Å². The number of hydrogen-bond donors (Lipinski definition) is 0. The Labute approximate surface area is 175 Å². The summed E-state index contributed by atoms with van der Waals surface area (Å²) in [6.45, 7) is 2.22. The van der Waals surface area contributed by atoms with Crippen molar-refractivity contribution in [2.75, 3.05) is 6.67 Å². The van der Waals surface area contributed by atoms with Gasteiger partial charge in [0.15, 0.2) is 0 Å². The van der Waals surface area contributed by atoms with Gasteiger partial charge in [-0.2, -0.15) is 0 Å². The van der Waals surface area contributed by atoms with E-state index in [0.717, 1.165) is 48.3 Å². The molecule has 0 unspecified atom stereocenters. The maximum Gasteiger partial charge on any atom is 0.0894 e. The number of halogens is 1. The van der Waals surface area contributed by atoms with Crippen molar-refractivity contribution in [3.63, 3.8) is 0 Å². The summed E-state index contributed by atoms with van der Waals surface area (Å²) in [5.41, 5.74) is 0. The Morgan fingerprint density at radius 3 is 1.21 bits per heavy atom. The molecule has 0 nitrogen and oxygen atoms in total. The second kappa shape index (κ2) is 12.6.